The normalized spacial score (nSPS) is 19.8. The summed E-state index contributed by atoms with van der Waals surface area (Å²) in [6.07, 6.45) is 5.29. The smallest absolute Gasteiger partial charge is 0.326 e. The van der Waals surface area contributed by atoms with Crippen LogP contribution in [0.4, 0.5) is 4.39 Å². The van der Waals surface area contributed by atoms with Gasteiger partial charge in [-0.3, -0.25) is 38.5 Å². The van der Waals surface area contributed by atoms with Crippen molar-refractivity contribution in [1.82, 2.24) is 30.2 Å². The lowest BCUT2D eigenvalue weighted by molar-refractivity contribution is -0.149. The summed E-state index contributed by atoms with van der Waals surface area (Å²) in [7, 11) is 6.17. The number of likely N-dealkylation sites (N-methyl/N-ethyl adjacent to an activating group) is 2. The number of imide groups is 1. The molecule has 3 N–H and O–H groups in total. The van der Waals surface area contributed by atoms with Crippen LogP contribution < -0.4 is 10.6 Å². The molecule has 384 valence electrons. The van der Waals surface area contributed by atoms with Crippen molar-refractivity contribution in [3.05, 3.63) is 47.8 Å². The van der Waals surface area contributed by atoms with Crippen LogP contribution in [0, 0.1) is 34.9 Å². The number of carboxylic acid groups (broad SMARTS) is 1. The highest BCUT2D eigenvalue weighted by Gasteiger charge is 2.56. The number of amides is 7. The summed E-state index contributed by atoms with van der Waals surface area (Å²) in [6.45, 7) is 13.6. The number of likely N-dealkylation sites (tertiary alicyclic amines) is 1. The van der Waals surface area contributed by atoms with Gasteiger partial charge in [0.05, 0.1) is 36.6 Å². The molecule has 1 aromatic rings. The van der Waals surface area contributed by atoms with E-state index in [1.54, 1.807) is 36.9 Å². The van der Waals surface area contributed by atoms with E-state index in [9.17, 15) is 47.9 Å². The first kappa shape index (κ1) is 56.4. The number of methoxy groups -OCH3 is 2. The van der Waals surface area contributed by atoms with Crippen molar-refractivity contribution < 1.29 is 57.3 Å². The van der Waals surface area contributed by atoms with Crippen molar-refractivity contribution in [3.63, 3.8) is 0 Å². The second-order valence-electron chi connectivity index (χ2n) is 20.2. The Labute approximate surface area is 407 Å². The molecule has 3 aliphatic rings. The molecule has 7 amide bonds. The zero-order valence-electron chi connectivity index (χ0n) is 42.5. The first-order valence-electron chi connectivity index (χ1n) is 24.5. The Morgan fingerprint density at radius 3 is 2.04 bits per heavy atom. The molecular formula is C51H77FN6O11. The van der Waals surface area contributed by atoms with Crippen molar-refractivity contribution in [2.45, 2.75) is 155 Å². The number of halogens is 1. The lowest BCUT2D eigenvalue weighted by Crippen LogP contribution is -2.60. The molecule has 0 bridgehead atoms. The minimum Gasteiger partial charge on any atom is -0.480 e. The number of carbonyl (C=O) groups is 8. The number of hydrogen-bond acceptors (Lipinski definition) is 10. The van der Waals surface area contributed by atoms with Gasteiger partial charge in [-0.25, -0.2) is 9.18 Å². The molecular weight excluding hydrogens is 892 g/mol. The molecule has 2 fully saturated rings. The van der Waals surface area contributed by atoms with Gasteiger partial charge in [-0.1, -0.05) is 79.5 Å². The van der Waals surface area contributed by atoms with Gasteiger partial charge in [-0.05, 0) is 66.9 Å². The summed E-state index contributed by atoms with van der Waals surface area (Å²) >= 11 is 0. The fourth-order valence-corrected chi connectivity index (χ4v) is 10.1. The van der Waals surface area contributed by atoms with Crippen molar-refractivity contribution in [2.75, 3.05) is 41.4 Å². The van der Waals surface area contributed by atoms with Crippen molar-refractivity contribution in [1.29, 1.82) is 0 Å². The molecule has 1 unspecified atom stereocenters. The third kappa shape index (κ3) is 14.2. The van der Waals surface area contributed by atoms with Gasteiger partial charge in [0.25, 0.3) is 11.8 Å². The summed E-state index contributed by atoms with van der Waals surface area (Å²) in [6, 6.07) is 1.36. The predicted octanol–water partition coefficient (Wildman–Crippen LogP) is 4.36. The molecule has 2 aliphatic heterocycles. The Morgan fingerprint density at radius 2 is 1.51 bits per heavy atom. The number of aliphatic carboxylic acids is 1. The minimum atomic E-state index is -1.41. The van der Waals surface area contributed by atoms with Gasteiger partial charge in [-0.15, -0.1) is 0 Å². The standard InChI is InChI=1S/C51H77FN6O11/c1-12-32(6)45(56(9)49(65)43(30(2)3)54-48(64)44(31(4)5)55(8)39(59)20-14-13-17-25-57-40(60)21-22-41(57)61)38(68-10)27-42(62)58-29-51(23-24-51)28-37(58)46(69-11)33(7)47(63)53-36(50(66)67)26-34-18-15-16-19-35(34)52/h15-16,18-19,21-22,30-33,36-38,43-46H,12-14,17,20,23-29H2,1-11H3,(H,53,63)(H,54,64)(H,66,67)/t32-,33+,36-,37-,38+,43-,44-,45-,46?/m0/s1. The number of unbranched alkanes of at least 4 members (excludes halogenated alkanes) is 2. The summed E-state index contributed by atoms with van der Waals surface area (Å²) in [5.41, 5.74) is 0.00741. The predicted molar refractivity (Wildman–Crippen MR) is 255 cm³/mol. The van der Waals surface area contributed by atoms with Gasteiger partial charge in [0.15, 0.2) is 0 Å². The van der Waals surface area contributed by atoms with Gasteiger partial charge in [0, 0.05) is 66.4 Å². The quantitative estimate of drug-likeness (QED) is 0.0833. The Morgan fingerprint density at radius 1 is 0.870 bits per heavy atom. The lowest BCUT2D eigenvalue weighted by Gasteiger charge is -2.41. The van der Waals surface area contributed by atoms with Gasteiger partial charge in [0.2, 0.25) is 29.5 Å². The Balaban J connectivity index is 1.46. The van der Waals surface area contributed by atoms with Crippen LogP contribution in [0.1, 0.15) is 112 Å². The molecule has 0 radical (unpaired) electrons. The SMILES string of the molecule is CC[C@H](C)[C@@H]([C@@H](CC(=O)N1CC2(CC2)C[C@H]1C(OC)[C@@H](C)C(=O)N[C@@H](Cc1ccccc1F)C(=O)O)OC)N(C)C(=O)[C@@H](NC(=O)[C@H](C(C)C)N(C)C(=O)CCCCCN1C(=O)C=CC1=O)C(C)C. The Kier molecular flexibility index (Phi) is 20.5. The van der Waals surface area contributed by atoms with Crippen LogP contribution in [0.15, 0.2) is 36.4 Å². The highest BCUT2D eigenvalue weighted by Crippen LogP contribution is 2.56. The van der Waals surface area contributed by atoms with Crippen molar-refractivity contribution >= 4 is 47.3 Å². The van der Waals surface area contributed by atoms with E-state index in [4.69, 9.17) is 9.47 Å². The lowest BCUT2D eigenvalue weighted by atomic mass is 9.89. The maximum Gasteiger partial charge on any atom is 0.326 e. The monoisotopic (exact) mass is 969 g/mol. The van der Waals surface area contributed by atoms with Crippen LogP contribution in [-0.2, 0) is 54.3 Å². The average molecular weight is 969 g/mol. The number of nitrogens with one attached hydrogen (secondary N) is 2. The van der Waals surface area contributed by atoms with E-state index in [1.807, 2.05) is 41.5 Å². The van der Waals surface area contributed by atoms with E-state index < -0.39 is 71.9 Å². The number of benzene rings is 1. The van der Waals surface area contributed by atoms with Crippen molar-refractivity contribution in [2.24, 2.45) is 29.1 Å². The molecule has 9 atom stereocenters. The van der Waals surface area contributed by atoms with Crippen LogP contribution in [0.3, 0.4) is 0 Å². The number of rotatable bonds is 27. The van der Waals surface area contributed by atoms with E-state index in [-0.39, 0.29) is 84.1 Å². The fourth-order valence-electron chi connectivity index (χ4n) is 10.1. The minimum absolute atomic E-state index is 0.108. The summed E-state index contributed by atoms with van der Waals surface area (Å²) in [4.78, 5) is 112. The number of hydrogen-bond donors (Lipinski definition) is 3. The molecule has 1 aliphatic carbocycles. The Bertz CT molecular complexity index is 2020. The first-order chi connectivity index (χ1) is 32.5. The topological polar surface area (TPSA) is 212 Å². The second-order valence-corrected chi connectivity index (χ2v) is 20.2. The van der Waals surface area contributed by atoms with E-state index in [0.717, 1.165) is 17.7 Å². The van der Waals surface area contributed by atoms with Crippen LogP contribution >= 0.6 is 0 Å². The van der Waals surface area contributed by atoms with Gasteiger partial charge in [-0.2, -0.15) is 0 Å². The molecule has 17 nitrogen and oxygen atoms in total. The number of nitrogens with zero attached hydrogens (tertiary/aromatic N) is 4. The zero-order chi connectivity index (χ0) is 51.5. The summed E-state index contributed by atoms with van der Waals surface area (Å²) in [5.74, 6) is -6.29. The maximum absolute atomic E-state index is 14.6. The van der Waals surface area contributed by atoms with Crippen molar-refractivity contribution in [3.8, 4) is 0 Å². The van der Waals surface area contributed by atoms with Crippen LogP contribution in [-0.4, -0.2) is 156 Å². The highest BCUT2D eigenvalue weighted by molar-refractivity contribution is 6.12. The van der Waals surface area contributed by atoms with Crippen LogP contribution in [0.2, 0.25) is 0 Å². The third-order valence-electron chi connectivity index (χ3n) is 14.6. The largest absolute Gasteiger partial charge is 0.480 e. The average Bonchev–Trinajstić information content (AvgIpc) is 3.85. The van der Waals surface area contributed by atoms with Crippen LogP contribution in [0.5, 0.6) is 0 Å². The molecule has 2 heterocycles. The van der Waals surface area contributed by atoms with Gasteiger partial charge in [0.1, 0.15) is 23.9 Å². The molecule has 0 aromatic heterocycles. The number of carboxylic acids is 1. The molecule has 18 heteroatoms. The molecule has 1 spiro atoms. The zero-order valence-corrected chi connectivity index (χ0v) is 42.5. The third-order valence-corrected chi connectivity index (χ3v) is 14.6. The van der Waals surface area contributed by atoms with E-state index in [1.165, 1.54) is 49.5 Å². The van der Waals surface area contributed by atoms with E-state index in [2.05, 4.69) is 10.6 Å². The molecule has 69 heavy (non-hydrogen) atoms. The number of carbonyl (C=O) groups excluding carboxylic acids is 7. The summed E-state index contributed by atoms with van der Waals surface area (Å²) in [5, 5.41) is 15.5. The Hall–Kier alpha value is -5.23. The maximum atomic E-state index is 14.6. The van der Waals surface area contributed by atoms with Crippen LogP contribution in [0.25, 0.3) is 0 Å². The molecule has 4 rings (SSSR count). The highest BCUT2D eigenvalue weighted by atomic mass is 19.1. The second kappa shape index (κ2) is 25.1. The molecule has 1 saturated carbocycles. The molecule has 1 aromatic carbocycles. The van der Waals surface area contributed by atoms with E-state index >= 15 is 0 Å². The first-order valence-corrected chi connectivity index (χ1v) is 24.5. The van der Waals surface area contributed by atoms with Gasteiger partial charge >= 0.3 is 5.97 Å². The number of ether oxygens (including phenoxy) is 2. The van der Waals surface area contributed by atoms with E-state index in [0.29, 0.717) is 38.6 Å². The fraction of sp³-hybridized carbons (Fsp3) is 0.686. The van der Waals surface area contributed by atoms with Gasteiger partial charge < -0.3 is 39.9 Å². The summed E-state index contributed by atoms with van der Waals surface area (Å²) < 4.78 is 26.5. The molecule has 1 saturated heterocycles.